The van der Waals surface area contributed by atoms with E-state index in [1.807, 2.05) is 48.5 Å². The van der Waals surface area contributed by atoms with Gasteiger partial charge in [-0.05, 0) is 81.5 Å². The minimum absolute atomic E-state index is 0.106. The van der Waals surface area contributed by atoms with Crippen molar-refractivity contribution in [3.63, 3.8) is 0 Å². The average molecular weight is 673 g/mol. The molecular weight excluding hydrogens is 628 g/mol. The highest BCUT2D eigenvalue weighted by atomic mass is 16.6. The molecule has 4 N–H and O–H groups in total. The maximum Gasteiger partial charge on any atom is 0.408 e. The first-order chi connectivity index (χ1) is 23.1. The number of nitrogens with one attached hydrogen (secondary N) is 4. The molecule has 3 aromatic carbocycles. The number of amides is 4. The second kappa shape index (κ2) is 15.7. The number of fused-ring (bicyclic) bond motifs is 3. The molecule has 0 bridgehead atoms. The van der Waals surface area contributed by atoms with Crippen molar-refractivity contribution in [2.24, 2.45) is 0 Å². The van der Waals surface area contributed by atoms with Crippen molar-refractivity contribution >= 4 is 35.7 Å². The summed E-state index contributed by atoms with van der Waals surface area (Å²) in [4.78, 5) is 62.4. The van der Waals surface area contributed by atoms with E-state index in [0.29, 0.717) is 11.3 Å². The van der Waals surface area contributed by atoms with Gasteiger partial charge < -0.3 is 35.5 Å². The summed E-state index contributed by atoms with van der Waals surface area (Å²) in [5.74, 6) is -1.77. The average Bonchev–Trinajstić information content (AvgIpc) is 3.34. The number of hydrogen-bond donors (Lipinski definition) is 4. The van der Waals surface area contributed by atoms with Crippen LogP contribution in [0.1, 0.15) is 64.2 Å². The number of esters is 1. The van der Waals surface area contributed by atoms with E-state index in [1.165, 1.54) is 0 Å². The Morgan fingerprint density at radius 3 is 1.80 bits per heavy atom. The van der Waals surface area contributed by atoms with Gasteiger partial charge in [0, 0.05) is 18.0 Å². The van der Waals surface area contributed by atoms with E-state index >= 15 is 0 Å². The molecule has 4 amide bonds. The van der Waals surface area contributed by atoms with Gasteiger partial charge >= 0.3 is 18.2 Å². The van der Waals surface area contributed by atoms with E-state index in [1.54, 1.807) is 65.8 Å². The molecule has 12 heteroatoms. The minimum Gasteiger partial charge on any atom is -0.458 e. The van der Waals surface area contributed by atoms with Crippen LogP contribution in [-0.4, -0.2) is 66.9 Å². The molecule has 3 aromatic rings. The van der Waals surface area contributed by atoms with Crippen LogP contribution in [0.4, 0.5) is 15.3 Å². The third-order valence-corrected chi connectivity index (χ3v) is 7.24. The first-order valence-electron chi connectivity index (χ1n) is 16.0. The summed E-state index contributed by atoms with van der Waals surface area (Å²) < 4.78 is 16.2. The number of carbonyl (C=O) groups excluding carboxylic acids is 5. The van der Waals surface area contributed by atoms with Crippen LogP contribution in [0.2, 0.25) is 0 Å². The molecule has 12 nitrogen and oxygen atoms in total. The summed E-state index contributed by atoms with van der Waals surface area (Å²) in [6, 6.07) is 21.6. The molecule has 4 rings (SSSR count). The molecule has 260 valence electrons. The molecule has 0 radical (unpaired) electrons. The maximum atomic E-state index is 12.8. The zero-order valence-electron chi connectivity index (χ0n) is 28.7. The fraction of sp³-hybridized carbons (Fsp3) is 0.378. The van der Waals surface area contributed by atoms with E-state index in [4.69, 9.17) is 14.2 Å². The largest absolute Gasteiger partial charge is 0.458 e. The molecule has 0 fully saturated rings. The summed E-state index contributed by atoms with van der Waals surface area (Å²) in [6.07, 6.45) is -1.37. The van der Waals surface area contributed by atoms with Crippen molar-refractivity contribution in [2.75, 3.05) is 25.0 Å². The van der Waals surface area contributed by atoms with Gasteiger partial charge in [0.25, 0.3) is 0 Å². The molecule has 0 saturated heterocycles. The van der Waals surface area contributed by atoms with E-state index in [9.17, 15) is 24.0 Å². The highest BCUT2D eigenvalue weighted by molar-refractivity contribution is 5.95. The first kappa shape index (κ1) is 36.4. The number of alkyl carbamates (subject to hydrolysis) is 2. The van der Waals surface area contributed by atoms with Crippen LogP contribution in [0.25, 0.3) is 11.1 Å². The quantitative estimate of drug-likeness (QED) is 0.162. The maximum absolute atomic E-state index is 12.8. The summed E-state index contributed by atoms with van der Waals surface area (Å²) in [6.45, 7) is 9.78. The second-order valence-corrected chi connectivity index (χ2v) is 13.6. The van der Waals surface area contributed by atoms with Crippen molar-refractivity contribution in [2.45, 2.75) is 71.1 Å². The lowest BCUT2D eigenvalue weighted by molar-refractivity contribution is -0.157. The van der Waals surface area contributed by atoms with Crippen LogP contribution in [0.3, 0.4) is 0 Å². The van der Waals surface area contributed by atoms with E-state index in [2.05, 4.69) is 21.3 Å². The fourth-order valence-electron chi connectivity index (χ4n) is 5.22. The van der Waals surface area contributed by atoms with Crippen LogP contribution in [-0.2, 0) is 35.0 Å². The molecule has 0 unspecified atom stereocenters. The molecule has 1 aliphatic rings. The molecular formula is C37H44N4O8. The van der Waals surface area contributed by atoms with Gasteiger partial charge in [-0.25, -0.2) is 14.4 Å². The Morgan fingerprint density at radius 1 is 0.673 bits per heavy atom. The second-order valence-electron chi connectivity index (χ2n) is 13.6. The van der Waals surface area contributed by atoms with Crippen molar-refractivity contribution in [3.8, 4) is 11.1 Å². The van der Waals surface area contributed by atoms with Gasteiger partial charge in [-0.15, -0.1) is 0 Å². The van der Waals surface area contributed by atoms with Crippen molar-refractivity contribution < 1.29 is 38.2 Å². The Labute approximate surface area is 286 Å². The Kier molecular flexibility index (Phi) is 11.7. The van der Waals surface area contributed by atoms with Crippen LogP contribution in [0.15, 0.2) is 72.8 Å². The SMILES string of the molecule is CC(C)(C)OC(=O)N[C@@H](Cc1ccc(NC(=O)CNC(=O)CNC(=O)OCC2c3ccccc3-c3ccccc32)cc1)C(=O)OC(C)(C)C. The van der Waals surface area contributed by atoms with E-state index in [0.717, 1.165) is 22.3 Å². The molecule has 0 aliphatic heterocycles. The predicted molar refractivity (Wildman–Crippen MR) is 184 cm³/mol. The van der Waals surface area contributed by atoms with Gasteiger partial charge in [0.1, 0.15) is 30.4 Å². The number of carbonyl (C=O) groups is 5. The Morgan fingerprint density at radius 2 is 1.22 bits per heavy atom. The molecule has 1 aliphatic carbocycles. The van der Waals surface area contributed by atoms with Crippen molar-refractivity contribution in [3.05, 3.63) is 89.5 Å². The third-order valence-electron chi connectivity index (χ3n) is 7.24. The lowest BCUT2D eigenvalue weighted by Crippen LogP contribution is -2.47. The smallest absolute Gasteiger partial charge is 0.408 e. The number of hydrogen-bond acceptors (Lipinski definition) is 8. The van der Waals surface area contributed by atoms with Crippen LogP contribution < -0.4 is 21.3 Å². The predicted octanol–water partition coefficient (Wildman–Crippen LogP) is 5.06. The van der Waals surface area contributed by atoms with Crippen molar-refractivity contribution in [1.82, 2.24) is 16.0 Å². The molecule has 0 heterocycles. The van der Waals surface area contributed by atoms with Crippen LogP contribution >= 0.6 is 0 Å². The minimum atomic E-state index is -1.01. The molecule has 49 heavy (non-hydrogen) atoms. The number of ether oxygens (including phenoxy) is 3. The Balaban J connectivity index is 1.20. The van der Waals surface area contributed by atoms with Gasteiger partial charge in [-0.2, -0.15) is 0 Å². The summed E-state index contributed by atoms with van der Waals surface area (Å²) in [5.41, 5.74) is 4.02. The third kappa shape index (κ3) is 11.1. The summed E-state index contributed by atoms with van der Waals surface area (Å²) in [7, 11) is 0. The standard InChI is InChI=1S/C37H44N4O8/c1-36(2,3)48-33(44)30(41-35(46)49-37(4,5)6)19-23-15-17-24(18-16-23)40-32(43)21-38-31(42)20-39-34(45)47-22-29-27-13-9-7-11-25(27)26-12-8-10-14-28(26)29/h7-18,29-30H,19-22H2,1-6H3,(H,38,42)(H,39,45)(H,40,43)(H,41,46)/t30-/m0/s1. The Hall–Kier alpha value is -5.39. The normalized spacial score (nSPS) is 12.9. The lowest BCUT2D eigenvalue weighted by Gasteiger charge is -2.26. The number of anilines is 1. The molecule has 1 atom stereocenters. The summed E-state index contributed by atoms with van der Waals surface area (Å²) >= 11 is 0. The molecule has 0 aromatic heterocycles. The summed E-state index contributed by atoms with van der Waals surface area (Å²) in [5, 5.41) is 10.1. The highest BCUT2D eigenvalue weighted by Crippen LogP contribution is 2.44. The van der Waals surface area contributed by atoms with Crippen LogP contribution in [0, 0.1) is 0 Å². The first-order valence-corrected chi connectivity index (χ1v) is 16.0. The van der Waals surface area contributed by atoms with E-state index < -0.39 is 47.2 Å². The topological polar surface area (TPSA) is 161 Å². The molecule has 0 spiro atoms. The van der Waals surface area contributed by atoms with Gasteiger partial charge in [0.15, 0.2) is 0 Å². The van der Waals surface area contributed by atoms with Gasteiger partial charge in [-0.3, -0.25) is 9.59 Å². The highest BCUT2D eigenvalue weighted by Gasteiger charge is 2.30. The monoisotopic (exact) mass is 672 g/mol. The molecule has 0 saturated carbocycles. The van der Waals surface area contributed by atoms with Gasteiger partial charge in [0.2, 0.25) is 11.8 Å². The zero-order chi connectivity index (χ0) is 35.8. The van der Waals surface area contributed by atoms with E-state index in [-0.39, 0.29) is 32.0 Å². The van der Waals surface area contributed by atoms with Gasteiger partial charge in [-0.1, -0.05) is 60.7 Å². The van der Waals surface area contributed by atoms with Crippen molar-refractivity contribution in [1.29, 1.82) is 0 Å². The lowest BCUT2D eigenvalue weighted by atomic mass is 9.98. The number of rotatable bonds is 11. The Bertz CT molecular complexity index is 1630. The van der Waals surface area contributed by atoms with Gasteiger partial charge in [0.05, 0.1) is 6.54 Å². The zero-order valence-corrected chi connectivity index (χ0v) is 28.7. The number of benzene rings is 3. The fourth-order valence-corrected chi connectivity index (χ4v) is 5.22. The van der Waals surface area contributed by atoms with Crippen LogP contribution in [0.5, 0.6) is 0 Å².